The normalized spacial score (nSPS) is 22.9. The number of hydrogen-bond donors (Lipinski definition) is 0. The van der Waals surface area contributed by atoms with Crippen LogP contribution in [0, 0.1) is 0 Å². The maximum Gasteiger partial charge on any atom is 0.0760 e. The van der Waals surface area contributed by atoms with E-state index in [1.165, 1.54) is 0 Å². The molecule has 2 heterocycles. The van der Waals surface area contributed by atoms with Crippen molar-refractivity contribution in [2.75, 3.05) is 13.1 Å². The molecule has 0 unspecified atom stereocenters. The highest BCUT2D eigenvalue weighted by Gasteiger charge is 2.37. The predicted octanol–water partition coefficient (Wildman–Crippen LogP) is 3.23. The van der Waals surface area contributed by atoms with Crippen LogP contribution in [-0.4, -0.2) is 34.2 Å². The fourth-order valence-electron chi connectivity index (χ4n) is 2.79. The van der Waals surface area contributed by atoms with Crippen molar-refractivity contribution < 1.29 is 4.74 Å². The molecule has 0 saturated carbocycles. The van der Waals surface area contributed by atoms with E-state index < -0.39 is 0 Å². The van der Waals surface area contributed by atoms with Crippen LogP contribution >= 0.6 is 15.9 Å². The summed E-state index contributed by atoms with van der Waals surface area (Å²) in [7, 11) is 0. The van der Waals surface area contributed by atoms with E-state index in [0.29, 0.717) is 0 Å². The van der Waals surface area contributed by atoms with E-state index >= 15 is 0 Å². The average Bonchev–Trinajstić information content (AvgIpc) is 2.16. The first-order chi connectivity index (χ1) is 8.26. The molecule has 1 aliphatic heterocycles. The summed E-state index contributed by atoms with van der Waals surface area (Å²) in [5, 5.41) is 0. The Morgan fingerprint density at radius 2 is 1.83 bits per heavy atom. The molecule has 2 rings (SSSR count). The lowest BCUT2D eigenvalue weighted by molar-refractivity contribution is -0.182. The second-order valence-corrected chi connectivity index (χ2v) is 7.15. The van der Waals surface area contributed by atoms with E-state index in [0.717, 1.165) is 29.8 Å². The molecule has 0 atom stereocenters. The summed E-state index contributed by atoms with van der Waals surface area (Å²) in [5.74, 6) is 0. The van der Waals surface area contributed by atoms with Crippen molar-refractivity contribution in [3.8, 4) is 0 Å². The lowest BCUT2D eigenvalue weighted by atomic mass is 9.99. The van der Waals surface area contributed by atoms with E-state index in [4.69, 9.17) is 4.74 Å². The number of aromatic nitrogens is 1. The summed E-state index contributed by atoms with van der Waals surface area (Å²) < 4.78 is 7.10. The van der Waals surface area contributed by atoms with Gasteiger partial charge in [0, 0.05) is 30.3 Å². The SMILES string of the molecule is CC1(C)CN(Cc2ccc(Br)cn2)CC(C)(C)O1. The van der Waals surface area contributed by atoms with E-state index in [-0.39, 0.29) is 11.2 Å². The van der Waals surface area contributed by atoms with Crippen LogP contribution in [0.3, 0.4) is 0 Å². The van der Waals surface area contributed by atoms with Gasteiger partial charge in [0.25, 0.3) is 0 Å². The summed E-state index contributed by atoms with van der Waals surface area (Å²) in [4.78, 5) is 6.85. The van der Waals surface area contributed by atoms with E-state index in [9.17, 15) is 0 Å². The third kappa shape index (κ3) is 3.77. The Hall–Kier alpha value is -0.450. The van der Waals surface area contributed by atoms with Crippen LogP contribution in [0.25, 0.3) is 0 Å². The molecular formula is C14H21BrN2O. The van der Waals surface area contributed by atoms with Gasteiger partial charge < -0.3 is 4.74 Å². The smallest absolute Gasteiger partial charge is 0.0760 e. The molecule has 0 amide bonds. The Bertz CT molecular complexity index is 398. The van der Waals surface area contributed by atoms with Gasteiger partial charge in [-0.3, -0.25) is 9.88 Å². The maximum absolute atomic E-state index is 6.08. The van der Waals surface area contributed by atoms with E-state index in [1.807, 2.05) is 12.3 Å². The van der Waals surface area contributed by atoms with Crippen LogP contribution in [0.4, 0.5) is 0 Å². The molecule has 0 aliphatic carbocycles. The van der Waals surface area contributed by atoms with Crippen LogP contribution in [0.5, 0.6) is 0 Å². The lowest BCUT2D eigenvalue weighted by Gasteiger charge is -2.47. The third-order valence-corrected chi connectivity index (χ3v) is 3.40. The van der Waals surface area contributed by atoms with Crippen LogP contribution in [0.15, 0.2) is 22.8 Å². The van der Waals surface area contributed by atoms with Crippen molar-refractivity contribution >= 4 is 15.9 Å². The summed E-state index contributed by atoms with van der Waals surface area (Å²) in [5.41, 5.74) is 0.903. The first kappa shape index (κ1) is 14.0. The lowest BCUT2D eigenvalue weighted by Crippen LogP contribution is -2.56. The number of morpholine rings is 1. The molecule has 1 aromatic rings. The molecule has 3 nitrogen and oxygen atoms in total. The van der Waals surface area contributed by atoms with Crippen molar-refractivity contribution in [1.29, 1.82) is 0 Å². The monoisotopic (exact) mass is 312 g/mol. The Labute approximate surface area is 118 Å². The molecule has 4 heteroatoms. The summed E-state index contributed by atoms with van der Waals surface area (Å²) in [6.45, 7) is 11.4. The Morgan fingerprint density at radius 3 is 2.33 bits per heavy atom. The molecule has 1 aromatic heterocycles. The highest BCUT2D eigenvalue weighted by atomic mass is 79.9. The van der Waals surface area contributed by atoms with Gasteiger partial charge in [-0.15, -0.1) is 0 Å². The van der Waals surface area contributed by atoms with Crippen LogP contribution < -0.4 is 0 Å². The minimum atomic E-state index is -0.100. The molecule has 18 heavy (non-hydrogen) atoms. The number of rotatable bonds is 2. The van der Waals surface area contributed by atoms with Gasteiger partial charge in [-0.1, -0.05) is 0 Å². The zero-order valence-corrected chi connectivity index (χ0v) is 13.1. The van der Waals surface area contributed by atoms with Gasteiger partial charge in [0.15, 0.2) is 0 Å². The van der Waals surface area contributed by atoms with Gasteiger partial charge >= 0.3 is 0 Å². The third-order valence-electron chi connectivity index (χ3n) is 2.94. The van der Waals surface area contributed by atoms with Gasteiger partial charge in [-0.25, -0.2) is 0 Å². The van der Waals surface area contributed by atoms with Gasteiger partial charge in [0.1, 0.15) is 0 Å². The van der Waals surface area contributed by atoms with E-state index in [2.05, 4.69) is 59.6 Å². The van der Waals surface area contributed by atoms with Gasteiger partial charge in [-0.05, 0) is 55.8 Å². The molecule has 1 saturated heterocycles. The second kappa shape index (κ2) is 4.91. The molecular weight excluding hydrogens is 292 g/mol. The van der Waals surface area contributed by atoms with Gasteiger partial charge in [0.2, 0.25) is 0 Å². The Morgan fingerprint density at radius 1 is 1.22 bits per heavy atom. The average molecular weight is 313 g/mol. The molecule has 0 aromatic carbocycles. The number of halogens is 1. The summed E-state index contributed by atoms with van der Waals surface area (Å²) in [6, 6.07) is 4.11. The van der Waals surface area contributed by atoms with Crippen molar-refractivity contribution in [2.45, 2.75) is 45.4 Å². The van der Waals surface area contributed by atoms with Crippen LogP contribution in [0.2, 0.25) is 0 Å². The van der Waals surface area contributed by atoms with Crippen LogP contribution in [-0.2, 0) is 11.3 Å². The number of nitrogens with zero attached hydrogens (tertiary/aromatic N) is 2. The fraction of sp³-hybridized carbons (Fsp3) is 0.643. The maximum atomic E-state index is 6.08. The molecule has 100 valence electrons. The molecule has 0 N–H and O–H groups in total. The molecule has 0 spiro atoms. The van der Waals surface area contributed by atoms with Crippen molar-refractivity contribution in [3.05, 3.63) is 28.5 Å². The minimum absolute atomic E-state index is 0.100. The Balaban J connectivity index is 2.07. The van der Waals surface area contributed by atoms with Crippen LogP contribution in [0.1, 0.15) is 33.4 Å². The highest BCUT2D eigenvalue weighted by Crippen LogP contribution is 2.28. The Kier molecular flexibility index (Phi) is 3.81. The molecule has 1 aliphatic rings. The highest BCUT2D eigenvalue weighted by molar-refractivity contribution is 9.10. The number of ether oxygens (including phenoxy) is 1. The van der Waals surface area contributed by atoms with Gasteiger partial charge in [-0.2, -0.15) is 0 Å². The standard InChI is InChI=1S/C14H21BrN2O/c1-13(2)9-17(10-14(3,4)18-13)8-12-6-5-11(15)7-16-12/h5-7H,8-10H2,1-4H3. The fourth-order valence-corrected chi connectivity index (χ4v) is 3.02. The summed E-state index contributed by atoms with van der Waals surface area (Å²) >= 11 is 3.41. The minimum Gasteiger partial charge on any atom is -0.367 e. The van der Waals surface area contributed by atoms with Gasteiger partial charge in [0.05, 0.1) is 16.9 Å². The summed E-state index contributed by atoms with van der Waals surface area (Å²) in [6.07, 6.45) is 1.85. The topological polar surface area (TPSA) is 25.4 Å². The second-order valence-electron chi connectivity index (χ2n) is 6.23. The molecule has 0 radical (unpaired) electrons. The predicted molar refractivity (Wildman–Crippen MR) is 76.5 cm³/mol. The van der Waals surface area contributed by atoms with Crippen molar-refractivity contribution in [3.63, 3.8) is 0 Å². The number of hydrogen-bond acceptors (Lipinski definition) is 3. The number of pyridine rings is 1. The largest absolute Gasteiger partial charge is 0.367 e. The quantitative estimate of drug-likeness (QED) is 0.838. The first-order valence-electron chi connectivity index (χ1n) is 6.29. The molecule has 0 bridgehead atoms. The first-order valence-corrected chi connectivity index (χ1v) is 7.08. The zero-order chi connectivity index (χ0) is 13.4. The van der Waals surface area contributed by atoms with Crippen molar-refractivity contribution in [2.24, 2.45) is 0 Å². The van der Waals surface area contributed by atoms with Crippen molar-refractivity contribution in [1.82, 2.24) is 9.88 Å². The van der Waals surface area contributed by atoms with E-state index in [1.54, 1.807) is 0 Å². The zero-order valence-electron chi connectivity index (χ0n) is 11.5. The molecule has 1 fully saturated rings.